The molecule has 0 unspecified atom stereocenters. The maximum Gasteiger partial charge on any atom is 0.258 e. The fourth-order valence-electron chi connectivity index (χ4n) is 2.75. The zero-order valence-corrected chi connectivity index (χ0v) is 17.1. The van der Waals surface area contributed by atoms with E-state index < -0.39 is 0 Å². The van der Waals surface area contributed by atoms with E-state index in [1.54, 1.807) is 23.9 Å². The molecule has 148 valence electrons. The van der Waals surface area contributed by atoms with Gasteiger partial charge in [0.05, 0.1) is 32.4 Å². The topological polar surface area (TPSA) is 85.5 Å². The van der Waals surface area contributed by atoms with Crippen LogP contribution in [0.25, 0.3) is 11.0 Å². The van der Waals surface area contributed by atoms with Gasteiger partial charge >= 0.3 is 0 Å². The number of ether oxygens (including phenoxy) is 3. The van der Waals surface area contributed by atoms with E-state index >= 15 is 0 Å². The number of fused-ring (bicyclic) bond motifs is 1. The van der Waals surface area contributed by atoms with Gasteiger partial charge in [-0.3, -0.25) is 10.1 Å². The van der Waals surface area contributed by atoms with E-state index in [9.17, 15) is 4.79 Å². The maximum atomic E-state index is 12.7. The van der Waals surface area contributed by atoms with Crippen LogP contribution in [0.3, 0.4) is 0 Å². The number of imidazole rings is 1. The lowest BCUT2D eigenvalue weighted by Gasteiger charge is -2.13. The summed E-state index contributed by atoms with van der Waals surface area (Å²) in [7, 11) is 4.53. The molecule has 8 heteroatoms. The molecule has 0 aliphatic heterocycles. The van der Waals surface area contributed by atoms with Crippen LogP contribution in [0.1, 0.15) is 23.7 Å². The van der Waals surface area contributed by atoms with E-state index in [4.69, 9.17) is 14.2 Å². The Morgan fingerprint density at radius 3 is 2.43 bits per heavy atom. The van der Waals surface area contributed by atoms with Crippen molar-refractivity contribution in [2.45, 2.75) is 18.2 Å². The Kier molecular flexibility index (Phi) is 6.30. The van der Waals surface area contributed by atoms with Gasteiger partial charge in [0.25, 0.3) is 5.91 Å². The molecule has 0 bridgehead atoms. The first-order valence-corrected chi connectivity index (χ1v) is 9.82. The first kappa shape index (κ1) is 19.9. The normalized spacial score (nSPS) is 10.7. The van der Waals surface area contributed by atoms with Crippen LogP contribution in [-0.2, 0) is 0 Å². The Morgan fingerprint density at radius 2 is 1.82 bits per heavy atom. The zero-order valence-electron chi connectivity index (χ0n) is 16.3. The highest BCUT2D eigenvalue weighted by Crippen LogP contribution is 2.38. The van der Waals surface area contributed by atoms with Crippen LogP contribution in [0.4, 0.5) is 5.95 Å². The SMILES string of the molecule is CCCSc1ccc2nc(NC(=O)c3cc(OC)c(OC)c(OC)c3)[nH]c2c1. The Balaban J connectivity index is 1.84. The molecule has 0 saturated heterocycles. The molecule has 28 heavy (non-hydrogen) atoms. The molecule has 0 spiro atoms. The molecule has 1 amide bonds. The molecule has 3 rings (SSSR count). The number of H-pyrrole nitrogens is 1. The lowest BCUT2D eigenvalue weighted by molar-refractivity contribution is 0.102. The molecule has 7 nitrogen and oxygen atoms in total. The quantitative estimate of drug-likeness (QED) is 0.546. The standard InChI is InChI=1S/C20H23N3O4S/c1-5-8-28-13-6-7-14-15(11-13)22-20(21-14)23-19(24)12-9-16(25-2)18(27-4)17(10-12)26-3/h6-7,9-11H,5,8H2,1-4H3,(H2,21,22,23,24). The molecular weight excluding hydrogens is 378 g/mol. The van der Waals surface area contributed by atoms with Gasteiger partial charge in [-0.05, 0) is 42.5 Å². The van der Waals surface area contributed by atoms with Crippen LogP contribution in [0.15, 0.2) is 35.2 Å². The van der Waals surface area contributed by atoms with Gasteiger partial charge in [-0.15, -0.1) is 11.8 Å². The molecule has 0 fully saturated rings. The second-order valence-corrected chi connectivity index (χ2v) is 7.15. The molecule has 3 aromatic rings. The monoisotopic (exact) mass is 401 g/mol. The zero-order chi connectivity index (χ0) is 20.1. The first-order chi connectivity index (χ1) is 13.6. The number of hydrogen-bond donors (Lipinski definition) is 2. The van der Waals surface area contributed by atoms with E-state index in [1.165, 1.54) is 26.2 Å². The highest BCUT2D eigenvalue weighted by molar-refractivity contribution is 7.99. The van der Waals surface area contributed by atoms with Gasteiger partial charge in [0, 0.05) is 10.5 Å². The van der Waals surface area contributed by atoms with Crippen molar-refractivity contribution in [3.05, 3.63) is 35.9 Å². The summed E-state index contributed by atoms with van der Waals surface area (Å²) >= 11 is 1.79. The minimum Gasteiger partial charge on any atom is -0.493 e. The number of rotatable bonds is 8. The third-order valence-corrected chi connectivity index (χ3v) is 5.28. The summed E-state index contributed by atoms with van der Waals surface area (Å²) in [4.78, 5) is 21.5. The second-order valence-electron chi connectivity index (χ2n) is 5.98. The molecule has 2 aromatic carbocycles. The highest BCUT2D eigenvalue weighted by Gasteiger charge is 2.18. The summed E-state index contributed by atoms with van der Waals surface area (Å²) in [5.74, 6) is 2.36. The first-order valence-electron chi connectivity index (χ1n) is 8.83. The number of aromatic amines is 1. The van der Waals surface area contributed by atoms with Crippen molar-refractivity contribution in [3.8, 4) is 17.2 Å². The predicted molar refractivity (Wildman–Crippen MR) is 111 cm³/mol. The highest BCUT2D eigenvalue weighted by atomic mass is 32.2. The van der Waals surface area contributed by atoms with Gasteiger partial charge < -0.3 is 19.2 Å². The minimum atomic E-state index is -0.334. The number of anilines is 1. The molecule has 0 radical (unpaired) electrons. The number of carbonyl (C=O) groups is 1. The summed E-state index contributed by atoms with van der Waals surface area (Å²) < 4.78 is 15.9. The average molecular weight is 401 g/mol. The van der Waals surface area contributed by atoms with E-state index in [1.807, 2.05) is 18.2 Å². The number of nitrogens with zero attached hydrogens (tertiary/aromatic N) is 1. The van der Waals surface area contributed by atoms with Gasteiger partial charge in [0.15, 0.2) is 11.5 Å². The Hall–Kier alpha value is -2.87. The molecule has 0 atom stereocenters. The number of amides is 1. The molecule has 0 aliphatic rings. The van der Waals surface area contributed by atoms with Gasteiger partial charge in [-0.2, -0.15) is 0 Å². The fourth-order valence-corrected chi connectivity index (χ4v) is 3.55. The molecule has 1 aromatic heterocycles. The maximum absolute atomic E-state index is 12.7. The summed E-state index contributed by atoms with van der Waals surface area (Å²) in [6.07, 6.45) is 1.11. The fraction of sp³-hybridized carbons (Fsp3) is 0.300. The van der Waals surface area contributed by atoms with Crippen LogP contribution in [-0.4, -0.2) is 43.0 Å². The van der Waals surface area contributed by atoms with Crippen molar-refractivity contribution >= 4 is 34.7 Å². The van der Waals surface area contributed by atoms with Crippen molar-refractivity contribution in [2.24, 2.45) is 0 Å². The van der Waals surface area contributed by atoms with Crippen molar-refractivity contribution in [3.63, 3.8) is 0 Å². The van der Waals surface area contributed by atoms with E-state index in [0.29, 0.717) is 28.8 Å². The summed E-state index contributed by atoms with van der Waals surface area (Å²) in [5, 5.41) is 2.79. The lowest BCUT2D eigenvalue weighted by atomic mass is 10.1. The van der Waals surface area contributed by atoms with Gasteiger partial charge in [-0.1, -0.05) is 6.92 Å². The van der Waals surface area contributed by atoms with Crippen LogP contribution < -0.4 is 19.5 Å². The van der Waals surface area contributed by atoms with Crippen molar-refractivity contribution in [1.29, 1.82) is 0 Å². The summed E-state index contributed by atoms with van der Waals surface area (Å²) in [6.45, 7) is 2.15. The van der Waals surface area contributed by atoms with Gasteiger partial charge in [-0.25, -0.2) is 4.98 Å². The van der Waals surface area contributed by atoms with Crippen LogP contribution in [0.5, 0.6) is 17.2 Å². The van der Waals surface area contributed by atoms with Crippen molar-refractivity contribution < 1.29 is 19.0 Å². The third kappa shape index (κ3) is 4.17. The third-order valence-electron chi connectivity index (χ3n) is 4.09. The largest absolute Gasteiger partial charge is 0.493 e. The number of aromatic nitrogens is 2. The average Bonchev–Trinajstić information content (AvgIpc) is 3.12. The summed E-state index contributed by atoms with van der Waals surface area (Å²) in [6, 6.07) is 9.21. The van der Waals surface area contributed by atoms with Crippen LogP contribution in [0.2, 0.25) is 0 Å². The predicted octanol–water partition coefficient (Wildman–Crippen LogP) is 4.34. The van der Waals surface area contributed by atoms with Gasteiger partial charge in [0.2, 0.25) is 11.7 Å². The summed E-state index contributed by atoms with van der Waals surface area (Å²) in [5.41, 5.74) is 2.04. The van der Waals surface area contributed by atoms with Crippen LogP contribution in [0, 0.1) is 0 Å². The number of methoxy groups -OCH3 is 3. The van der Waals surface area contributed by atoms with Crippen molar-refractivity contribution in [2.75, 3.05) is 32.4 Å². The number of benzene rings is 2. The van der Waals surface area contributed by atoms with E-state index in [-0.39, 0.29) is 5.91 Å². The van der Waals surface area contributed by atoms with E-state index in [0.717, 1.165) is 23.2 Å². The minimum absolute atomic E-state index is 0.334. The van der Waals surface area contributed by atoms with E-state index in [2.05, 4.69) is 22.2 Å². The smallest absolute Gasteiger partial charge is 0.258 e. The Morgan fingerprint density at radius 1 is 1.11 bits per heavy atom. The molecule has 0 aliphatic carbocycles. The number of carbonyl (C=O) groups excluding carboxylic acids is 1. The molecule has 0 saturated carbocycles. The Labute approximate surface area is 167 Å². The number of hydrogen-bond acceptors (Lipinski definition) is 6. The number of thioether (sulfide) groups is 1. The number of nitrogens with one attached hydrogen (secondary N) is 2. The Bertz CT molecular complexity index is 962. The molecular formula is C20H23N3O4S. The molecule has 1 heterocycles. The van der Waals surface area contributed by atoms with Crippen molar-refractivity contribution in [1.82, 2.24) is 9.97 Å². The molecule has 2 N–H and O–H groups in total. The lowest BCUT2D eigenvalue weighted by Crippen LogP contribution is -2.13. The second kappa shape index (κ2) is 8.88. The van der Waals surface area contributed by atoms with Crippen LogP contribution >= 0.6 is 11.8 Å². The van der Waals surface area contributed by atoms with Gasteiger partial charge in [0.1, 0.15) is 0 Å².